The lowest BCUT2D eigenvalue weighted by Gasteiger charge is -2.09. The van der Waals surface area contributed by atoms with Crippen molar-refractivity contribution in [2.45, 2.75) is 17.9 Å². The minimum absolute atomic E-state index is 0.178. The van der Waals surface area contributed by atoms with E-state index in [2.05, 4.69) is 10.4 Å². The highest BCUT2D eigenvalue weighted by atomic mass is 35.5. The van der Waals surface area contributed by atoms with Crippen molar-refractivity contribution in [3.63, 3.8) is 0 Å². The van der Waals surface area contributed by atoms with Crippen molar-refractivity contribution in [3.8, 4) is 0 Å². The quantitative estimate of drug-likeness (QED) is 0.561. The maximum atomic E-state index is 13.2. The standard InChI is InChI=1S/C19H16ClF2N3OS/c20-14-3-1-13(2-4-14)12-25-18(7-9-23-25)24-19(26)8-10-27-15-5-6-16(21)17(22)11-15/h1-7,9,11H,8,10,12H2,(H,24,26). The average molecular weight is 408 g/mol. The second kappa shape index (κ2) is 9.01. The van der Waals surface area contributed by atoms with E-state index < -0.39 is 11.6 Å². The lowest BCUT2D eigenvalue weighted by Crippen LogP contribution is -2.16. The summed E-state index contributed by atoms with van der Waals surface area (Å²) in [5.74, 6) is -0.917. The Bertz CT molecular complexity index is 931. The first-order valence-electron chi connectivity index (χ1n) is 8.15. The van der Waals surface area contributed by atoms with Crippen molar-refractivity contribution in [2.24, 2.45) is 0 Å². The molecule has 27 heavy (non-hydrogen) atoms. The van der Waals surface area contributed by atoms with E-state index >= 15 is 0 Å². The van der Waals surface area contributed by atoms with Gasteiger partial charge in [-0.2, -0.15) is 5.10 Å². The Morgan fingerprint density at radius 3 is 2.63 bits per heavy atom. The molecule has 1 amide bonds. The number of rotatable bonds is 7. The highest BCUT2D eigenvalue weighted by Crippen LogP contribution is 2.21. The molecule has 1 N–H and O–H groups in total. The second-order valence-corrected chi connectivity index (χ2v) is 7.33. The van der Waals surface area contributed by atoms with Crippen molar-refractivity contribution in [1.82, 2.24) is 9.78 Å². The van der Waals surface area contributed by atoms with E-state index in [1.807, 2.05) is 12.1 Å². The van der Waals surface area contributed by atoms with Gasteiger partial charge in [0.05, 0.1) is 12.7 Å². The van der Waals surface area contributed by atoms with Crippen LogP contribution >= 0.6 is 23.4 Å². The van der Waals surface area contributed by atoms with E-state index in [1.165, 1.54) is 17.8 Å². The lowest BCUT2D eigenvalue weighted by molar-refractivity contribution is -0.115. The first kappa shape index (κ1) is 19.4. The highest BCUT2D eigenvalue weighted by Gasteiger charge is 2.09. The van der Waals surface area contributed by atoms with Gasteiger partial charge >= 0.3 is 0 Å². The van der Waals surface area contributed by atoms with Crippen LogP contribution in [0.2, 0.25) is 5.02 Å². The summed E-state index contributed by atoms with van der Waals surface area (Å²) in [5, 5.41) is 7.69. The van der Waals surface area contributed by atoms with Gasteiger partial charge in [-0.15, -0.1) is 11.8 Å². The Labute approximate surface area is 164 Å². The summed E-state index contributed by atoms with van der Waals surface area (Å²) in [6.45, 7) is 0.503. The van der Waals surface area contributed by atoms with Crippen LogP contribution in [0.15, 0.2) is 59.6 Å². The molecule has 0 atom stereocenters. The summed E-state index contributed by atoms with van der Waals surface area (Å²) in [4.78, 5) is 12.7. The molecular weight excluding hydrogens is 392 g/mol. The van der Waals surface area contributed by atoms with Gasteiger partial charge in [-0.1, -0.05) is 23.7 Å². The topological polar surface area (TPSA) is 46.9 Å². The molecule has 8 heteroatoms. The van der Waals surface area contributed by atoms with Crippen LogP contribution in [0.1, 0.15) is 12.0 Å². The third-order valence-corrected chi connectivity index (χ3v) is 4.97. The van der Waals surface area contributed by atoms with Crippen molar-refractivity contribution in [3.05, 3.63) is 76.9 Å². The largest absolute Gasteiger partial charge is 0.311 e. The molecule has 3 aromatic rings. The molecule has 0 spiro atoms. The number of halogens is 3. The number of anilines is 1. The highest BCUT2D eigenvalue weighted by molar-refractivity contribution is 7.99. The maximum absolute atomic E-state index is 13.2. The fourth-order valence-electron chi connectivity index (χ4n) is 2.36. The zero-order valence-corrected chi connectivity index (χ0v) is 15.7. The molecule has 0 aliphatic rings. The van der Waals surface area contributed by atoms with E-state index in [4.69, 9.17) is 11.6 Å². The maximum Gasteiger partial charge on any atom is 0.226 e. The van der Waals surface area contributed by atoms with Crippen LogP contribution in [0, 0.1) is 11.6 Å². The normalized spacial score (nSPS) is 10.8. The number of aromatic nitrogens is 2. The summed E-state index contributed by atoms with van der Waals surface area (Å²) in [7, 11) is 0. The molecule has 0 radical (unpaired) electrons. The number of thioether (sulfide) groups is 1. The summed E-state index contributed by atoms with van der Waals surface area (Å²) in [6, 6.07) is 12.8. The van der Waals surface area contributed by atoms with Gasteiger partial charge < -0.3 is 5.32 Å². The van der Waals surface area contributed by atoms with Gasteiger partial charge in [-0.05, 0) is 35.9 Å². The summed E-state index contributed by atoms with van der Waals surface area (Å²) < 4.78 is 27.8. The molecule has 1 aromatic heterocycles. The van der Waals surface area contributed by atoms with Crippen LogP contribution in [-0.2, 0) is 11.3 Å². The minimum atomic E-state index is -0.893. The molecule has 0 aliphatic heterocycles. The molecule has 0 unspecified atom stereocenters. The van der Waals surface area contributed by atoms with Gasteiger partial charge in [0.25, 0.3) is 0 Å². The Morgan fingerprint density at radius 1 is 1.11 bits per heavy atom. The molecule has 4 nitrogen and oxygen atoms in total. The molecule has 140 valence electrons. The van der Waals surface area contributed by atoms with Crippen molar-refractivity contribution in [2.75, 3.05) is 11.1 Å². The van der Waals surface area contributed by atoms with Crippen molar-refractivity contribution >= 4 is 35.1 Å². The second-order valence-electron chi connectivity index (χ2n) is 5.72. The fourth-order valence-corrected chi connectivity index (χ4v) is 3.36. The molecule has 0 bridgehead atoms. The number of hydrogen-bond acceptors (Lipinski definition) is 3. The van der Waals surface area contributed by atoms with Gasteiger partial charge in [0.1, 0.15) is 5.82 Å². The minimum Gasteiger partial charge on any atom is -0.311 e. The van der Waals surface area contributed by atoms with E-state index in [1.54, 1.807) is 29.1 Å². The fraction of sp³-hybridized carbons (Fsp3) is 0.158. The van der Waals surface area contributed by atoms with Gasteiger partial charge in [0.2, 0.25) is 5.91 Å². The first-order valence-corrected chi connectivity index (χ1v) is 9.51. The first-order chi connectivity index (χ1) is 13.0. The number of nitrogens with zero attached hydrogens (tertiary/aromatic N) is 2. The molecule has 2 aromatic carbocycles. The Morgan fingerprint density at radius 2 is 1.89 bits per heavy atom. The Kier molecular flexibility index (Phi) is 6.47. The monoisotopic (exact) mass is 407 g/mol. The van der Waals surface area contributed by atoms with Gasteiger partial charge in [-0.3, -0.25) is 4.79 Å². The average Bonchev–Trinajstić information content (AvgIpc) is 3.06. The molecule has 0 saturated heterocycles. The summed E-state index contributed by atoms with van der Waals surface area (Å²) >= 11 is 7.17. The predicted molar refractivity (Wildman–Crippen MR) is 103 cm³/mol. The molecule has 3 rings (SSSR count). The Balaban J connectivity index is 1.51. The van der Waals surface area contributed by atoms with E-state index in [0.29, 0.717) is 28.0 Å². The van der Waals surface area contributed by atoms with Crippen LogP contribution in [0.5, 0.6) is 0 Å². The number of nitrogens with one attached hydrogen (secondary N) is 1. The van der Waals surface area contributed by atoms with Gasteiger partial charge in [0.15, 0.2) is 11.6 Å². The number of hydrogen-bond donors (Lipinski definition) is 1. The summed E-state index contributed by atoms with van der Waals surface area (Å²) in [6.07, 6.45) is 1.84. The van der Waals surface area contributed by atoms with Crippen molar-refractivity contribution < 1.29 is 13.6 Å². The van der Waals surface area contributed by atoms with E-state index in [-0.39, 0.29) is 12.3 Å². The van der Waals surface area contributed by atoms with Crippen LogP contribution in [0.3, 0.4) is 0 Å². The number of carbonyl (C=O) groups is 1. The van der Waals surface area contributed by atoms with Crippen LogP contribution in [-0.4, -0.2) is 21.4 Å². The zero-order chi connectivity index (χ0) is 19.2. The third kappa shape index (κ3) is 5.55. The van der Waals surface area contributed by atoms with Crippen LogP contribution in [0.4, 0.5) is 14.6 Å². The van der Waals surface area contributed by atoms with Crippen LogP contribution < -0.4 is 5.32 Å². The van der Waals surface area contributed by atoms with Crippen molar-refractivity contribution in [1.29, 1.82) is 0 Å². The van der Waals surface area contributed by atoms with Gasteiger partial charge in [-0.25, -0.2) is 13.5 Å². The molecular formula is C19H16ClF2N3OS. The lowest BCUT2D eigenvalue weighted by atomic mass is 10.2. The molecule has 0 fully saturated rings. The number of benzene rings is 2. The molecule has 0 saturated carbocycles. The Hall–Kier alpha value is -2.38. The SMILES string of the molecule is O=C(CCSc1ccc(F)c(F)c1)Nc1ccnn1Cc1ccc(Cl)cc1. The molecule has 0 aliphatic carbocycles. The third-order valence-electron chi connectivity index (χ3n) is 3.72. The van der Waals surface area contributed by atoms with Crippen LogP contribution in [0.25, 0.3) is 0 Å². The predicted octanol–water partition coefficient (Wildman–Crippen LogP) is 4.98. The van der Waals surface area contributed by atoms with E-state index in [0.717, 1.165) is 17.7 Å². The molecule has 1 heterocycles. The number of amides is 1. The smallest absolute Gasteiger partial charge is 0.226 e. The van der Waals surface area contributed by atoms with Gasteiger partial charge in [0, 0.05) is 28.2 Å². The number of carbonyl (C=O) groups excluding carboxylic acids is 1. The summed E-state index contributed by atoms with van der Waals surface area (Å²) in [5.41, 5.74) is 1.01. The zero-order valence-electron chi connectivity index (χ0n) is 14.2. The van der Waals surface area contributed by atoms with E-state index in [9.17, 15) is 13.6 Å².